The van der Waals surface area contributed by atoms with E-state index in [9.17, 15) is 4.79 Å². The van der Waals surface area contributed by atoms with Gasteiger partial charge in [-0.1, -0.05) is 6.92 Å². The molecule has 0 atom stereocenters. The molecule has 0 spiro atoms. The van der Waals surface area contributed by atoms with E-state index in [2.05, 4.69) is 0 Å². The Bertz CT molecular complexity index is 134. The van der Waals surface area contributed by atoms with Gasteiger partial charge in [-0.05, 0) is 20.3 Å². The van der Waals surface area contributed by atoms with Crippen LogP contribution in [0.15, 0.2) is 0 Å². The molecule has 66 valence electrons. The second-order valence-electron chi connectivity index (χ2n) is 3.08. The first-order chi connectivity index (χ1) is 5.04. The molecule has 0 saturated heterocycles. The molecule has 0 radical (unpaired) electrons. The highest BCUT2D eigenvalue weighted by atomic mass is 28.3. The summed E-state index contributed by atoms with van der Waals surface area (Å²) in [6.45, 7) is 5.72. The van der Waals surface area contributed by atoms with Crippen LogP contribution >= 0.6 is 0 Å². The maximum atomic E-state index is 11.2. The van der Waals surface area contributed by atoms with Crippen molar-refractivity contribution in [3.05, 3.63) is 0 Å². The lowest BCUT2D eigenvalue weighted by molar-refractivity contribution is -0.145. The Kier molecular flexibility index (Phi) is 4.36. The van der Waals surface area contributed by atoms with Crippen LogP contribution in [0.4, 0.5) is 0 Å². The van der Waals surface area contributed by atoms with Gasteiger partial charge in [0.25, 0.3) is 5.97 Å². The Hall–Kier alpha value is -0.353. The van der Waals surface area contributed by atoms with Gasteiger partial charge in [0.1, 0.15) is 0 Å². The molecular weight excluding hydrogens is 160 g/mol. The number of carbonyl (C=O) groups is 1. The summed E-state index contributed by atoms with van der Waals surface area (Å²) in [7, 11) is 0.490. The van der Waals surface area contributed by atoms with Crippen LogP contribution in [0, 0.1) is 5.41 Å². The highest BCUT2D eigenvalue weighted by molar-refractivity contribution is 6.22. The predicted molar refractivity (Wildman–Crippen MR) is 45.7 cm³/mol. The molecule has 4 heteroatoms. The number of rotatable bonds is 4. The molecule has 0 aromatic rings. The van der Waals surface area contributed by atoms with Crippen LogP contribution in [0.25, 0.3) is 0 Å². The second kappa shape index (κ2) is 4.51. The maximum absolute atomic E-state index is 11.2. The third-order valence-electron chi connectivity index (χ3n) is 1.74. The smallest absolute Gasteiger partial charge is 0.368 e. The lowest BCUT2D eigenvalue weighted by Gasteiger charge is -2.19. The molecule has 3 nitrogen and oxygen atoms in total. The van der Waals surface area contributed by atoms with Crippen LogP contribution in [0.3, 0.4) is 0 Å². The van der Waals surface area contributed by atoms with Crippen LogP contribution in [0.1, 0.15) is 27.2 Å². The van der Waals surface area contributed by atoms with Crippen LogP contribution in [0.2, 0.25) is 0 Å². The monoisotopic (exact) mass is 176 g/mol. The Morgan fingerprint density at radius 3 is 2.45 bits per heavy atom. The van der Waals surface area contributed by atoms with Gasteiger partial charge >= 0.3 is 10.0 Å². The quantitative estimate of drug-likeness (QED) is 0.589. The zero-order valence-electron chi connectivity index (χ0n) is 7.64. The van der Waals surface area contributed by atoms with Crippen LogP contribution in [-0.2, 0) is 13.6 Å². The zero-order chi connectivity index (χ0) is 8.91. The van der Waals surface area contributed by atoms with Gasteiger partial charge in [0.2, 0.25) is 0 Å². The van der Waals surface area contributed by atoms with E-state index in [0.717, 1.165) is 6.42 Å². The van der Waals surface area contributed by atoms with Crippen molar-refractivity contribution in [1.82, 2.24) is 0 Å². The van der Waals surface area contributed by atoms with Gasteiger partial charge in [-0.3, -0.25) is 4.79 Å². The maximum Gasteiger partial charge on any atom is 0.368 e. The molecule has 0 bridgehead atoms. The minimum atomic E-state index is -1.06. The summed E-state index contributed by atoms with van der Waals surface area (Å²) >= 11 is 0. The van der Waals surface area contributed by atoms with Crippen molar-refractivity contribution in [2.45, 2.75) is 27.2 Å². The van der Waals surface area contributed by atoms with Gasteiger partial charge in [0, 0.05) is 7.11 Å². The predicted octanol–water partition coefficient (Wildman–Crippen LogP) is 0.611. The highest BCUT2D eigenvalue weighted by Gasteiger charge is 2.26. The van der Waals surface area contributed by atoms with Crippen molar-refractivity contribution in [2.75, 3.05) is 7.11 Å². The minimum absolute atomic E-state index is 0.145. The van der Waals surface area contributed by atoms with Gasteiger partial charge in [-0.25, -0.2) is 0 Å². The molecule has 0 aromatic heterocycles. The second-order valence-corrected chi connectivity index (χ2v) is 4.18. The topological polar surface area (TPSA) is 35.5 Å². The molecule has 0 N–H and O–H groups in total. The molecule has 0 heterocycles. The molecular formula is C7H16O3Si. The van der Waals surface area contributed by atoms with Gasteiger partial charge < -0.3 is 8.85 Å². The summed E-state index contributed by atoms with van der Waals surface area (Å²) in [6.07, 6.45) is 0.796. The fraction of sp³-hybridized carbons (Fsp3) is 0.857. The molecule has 0 rings (SSSR count). The van der Waals surface area contributed by atoms with Crippen molar-refractivity contribution < 1.29 is 13.6 Å². The zero-order valence-corrected chi connectivity index (χ0v) is 9.05. The molecule has 0 amide bonds. The summed E-state index contributed by atoms with van der Waals surface area (Å²) in [6, 6.07) is 0. The van der Waals surface area contributed by atoms with E-state index >= 15 is 0 Å². The van der Waals surface area contributed by atoms with Crippen molar-refractivity contribution in [3.8, 4) is 0 Å². The SMILES string of the molecule is CCC(C)(C)C(=O)O[SiH2]OC. The first-order valence-electron chi connectivity index (χ1n) is 3.70. The average Bonchev–Trinajstić information content (AvgIpc) is 2.00. The van der Waals surface area contributed by atoms with E-state index in [4.69, 9.17) is 8.85 Å². The van der Waals surface area contributed by atoms with E-state index in [1.807, 2.05) is 20.8 Å². The summed E-state index contributed by atoms with van der Waals surface area (Å²) in [5, 5.41) is 0. The Labute approximate surface area is 70.1 Å². The van der Waals surface area contributed by atoms with E-state index < -0.39 is 10.0 Å². The molecule has 0 aliphatic carbocycles. The van der Waals surface area contributed by atoms with Crippen LogP contribution < -0.4 is 0 Å². The number of hydrogen-bond donors (Lipinski definition) is 0. The Morgan fingerprint density at radius 2 is 2.09 bits per heavy atom. The lowest BCUT2D eigenvalue weighted by Crippen LogP contribution is -2.27. The van der Waals surface area contributed by atoms with Gasteiger partial charge in [0.15, 0.2) is 0 Å². The summed E-state index contributed by atoms with van der Waals surface area (Å²) < 4.78 is 9.67. The molecule has 11 heavy (non-hydrogen) atoms. The standard InChI is InChI=1S/C7H16O3Si/c1-5-7(2,3)6(8)10-11-9-4/h5,11H2,1-4H3. The van der Waals surface area contributed by atoms with Crippen LogP contribution in [-0.4, -0.2) is 23.1 Å². The minimum Gasteiger partial charge on any atom is -0.499 e. The molecule has 0 saturated carbocycles. The van der Waals surface area contributed by atoms with Crippen molar-refractivity contribution in [1.29, 1.82) is 0 Å². The van der Waals surface area contributed by atoms with Crippen molar-refractivity contribution >= 4 is 16.0 Å². The van der Waals surface area contributed by atoms with E-state index in [-0.39, 0.29) is 11.4 Å². The molecule has 0 aliphatic heterocycles. The van der Waals surface area contributed by atoms with E-state index in [1.165, 1.54) is 0 Å². The Morgan fingerprint density at radius 1 is 1.55 bits per heavy atom. The summed E-state index contributed by atoms with van der Waals surface area (Å²) in [5.74, 6) is -0.145. The van der Waals surface area contributed by atoms with Gasteiger partial charge in [-0.15, -0.1) is 0 Å². The van der Waals surface area contributed by atoms with Gasteiger partial charge in [-0.2, -0.15) is 0 Å². The van der Waals surface area contributed by atoms with Crippen molar-refractivity contribution in [3.63, 3.8) is 0 Å². The molecule has 0 unspecified atom stereocenters. The Balaban J connectivity index is 3.82. The largest absolute Gasteiger partial charge is 0.499 e. The van der Waals surface area contributed by atoms with Crippen molar-refractivity contribution in [2.24, 2.45) is 5.41 Å². The molecule has 0 aromatic carbocycles. The third-order valence-corrected chi connectivity index (χ3v) is 2.36. The number of hydrogen-bond acceptors (Lipinski definition) is 3. The first-order valence-corrected chi connectivity index (χ1v) is 4.86. The fourth-order valence-corrected chi connectivity index (χ4v) is 1.07. The van der Waals surface area contributed by atoms with Gasteiger partial charge in [0.05, 0.1) is 5.41 Å². The first kappa shape index (κ1) is 10.6. The highest BCUT2D eigenvalue weighted by Crippen LogP contribution is 2.20. The fourth-order valence-electron chi connectivity index (χ4n) is 0.452. The normalized spacial score (nSPS) is 12.4. The number of carbonyl (C=O) groups excluding carboxylic acids is 1. The summed E-state index contributed by atoms with van der Waals surface area (Å²) in [4.78, 5) is 11.2. The van der Waals surface area contributed by atoms with Crippen LogP contribution in [0.5, 0.6) is 0 Å². The summed E-state index contributed by atoms with van der Waals surface area (Å²) in [5.41, 5.74) is -0.356. The average molecular weight is 176 g/mol. The van der Waals surface area contributed by atoms with E-state index in [0.29, 0.717) is 0 Å². The lowest BCUT2D eigenvalue weighted by atomic mass is 9.91. The van der Waals surface area contributed by atoms with E-state index in [1.54, 1.807) is 7.11 Å². The molecule has 0 fully saturated rings. The molecule has 0 aliphatic rings. The third kappa shape index (κ3) is 3.53.